The Bertz CT molecular complexity index is 738. The molecule has 0 saturated carbocycles. The summed E-state index contributed by atoms with van der Waals surface area (Å²) in [5.41, 5.74) is 2.24. The number of hydrogen-bond donors (Lipinski definition) is 3. The van der Waals surface area contributed by atoms with Crippen LogP contribution in [0.5, 0.6) is 11.5 Å². The minimum absolute atomic E-state index is 0.182. The highest BCUT2D eigenvalue weighted by molar-refractivity contribution is 5.77. The minimum Gasteiger partial charge on any atom is -0.457 e. The second-order valence-corrected chi connectivity index (χ2v) is 5.26. The Morgan fingerprint density at radius 3 is 2.60 bits per heavy atom. The molecular weight excluding hydrogens is 328 g/mol. The van der Waals surface area contributed by atoms with E-state index < -0.39 is 12.3 Å². The van der Waals surface area contributed by atoms with Gasteiger partial charge in [0.05, 0.1) is 6.54 Å². The van der Waals surface area contributed by atoms with Crippen molar-refractivity contribution in [2.45, 2.75) is 12.8 Å². The quantitative estimate of drug-likeness (QED) is 0.563. The van der Waals surface area contributed by atoms with Crippen molar-refractivity contribution in [1.82, 2.24) is 20.7 Å². The van der Waals surface area contributed by atoms with Crippen LogP contribution in [0.2, 0.25) is 0 Å². The van der Waals surface area contributed by atoms with Crippen molar-refractivity contribution in [1.29, 1.82) is 0 Å². The number of aromatic nitrogens is 1. The summed E-state index contributed by atoms with van der Waals surface area (Å²) in [7, 11) is 0. The van der Waals surface area contributed by atoms with Gasteiger partial charge in [0.15, 0.2) is 6.23 Å². The number of hydroxylamine groups is 1. The van der Waals surface area contributed by atoms with Gasteiger partial charge in [-0.05, 0) is 29.8 Å². The van der Waals surface area contributed by atoms with E-state index in [9.17, 15) is 9.59 Å². The van der Waals surface area contributed by atoms with Crippen LogP contribution in [0.15, 0.2) is 48.8 Å². The van der Waals surface area contributed by atoms with Gasteiger partial charge in [-0.25, -0.2) is 15.1 Å². The summed E-state index contributed by atoms with van der Waals surface area (Å²) >= 11 is 0. The highest BCUT2D eigenvalue weighted by Crippen LogP contribution is 2.21. The zero-order valence-corrected chi connectivity index (χ0v) is 13.1. The molecule has 9 nitrogen and oxygen atoms in total. The first-order valence-corrected chi connectivity index (χ1v) is 7.47. The number of pyridine rings is 1. The third-order valence-corrected chi connectivity index (χ3v) is 3.48. The molecule has 1 fully saturated rings. The zero-order chi connectivity index (χ0) is 17.6. The molecule has 25 heavy (non-hydrogen) atoms. The Hall–Kier alpha value is -3.33. The van der Waals surface area contributed by atoms with Crippen molar-refractivity contribution >= 4 is 12.1 Å². The van der Waals surface area contributed by atoms with Crippen LogP contribution in [0.4, 0.5) is 9.59 Å². The van der Waals surface area contributed by atoms with Crippen molar-refractivity contribution in [2.75, 3.05) is 6.54 Å². The zero-order valence-electron chi connectivity index (χ0n) is 13.1. The number of urea groups is 1. The number of hydrogen-bond acceptors (Lipinski definition) is 6. The maximum Gasteiger partial charge on any atom is 0.433 e. The highest BCUT2D eigenvalue weighted by atomic mass is 16.6. The van der Waals surface area contributed by atoms with Crippen LogP contribution < -0.4 is 15.5 Å². The fourth-order valence-corrected chi connectivity index (χ4v) is 2.34. The van der Waals surface area contributed by atoms with Gasteiger partial charge in [0.2, 0.25) is 0 Å². The predicted molar refractivity (Wildman–Crippen MR) is 84.9 cm³/mol. The predicted octanol–water partition coefficient (Wildman–Crippen LogP) is 1.84. The van der Waals surface area contributed by atoms with Gasteiger partial charge in [-0.2, -0.15) is 0 Å². The molecule has 2 aromatic rings. The monoisotopic (exact) mass is 344 g/mol. The Kier molecular flexibility index (Phi) is 4.95. The fraction of sp³-hybridized carbons (Fsp3) is 0.188. The SMILES string of the molecule is O=C(NO)O[C@@H]1CN(Cc2ccc(Oc3ccncc3)cc2)C(=O)N1. The van der Waals surface area contributed by atoms with Gasteiger partial charge in [0, 0.05) is 18.9 Å². The van der Waals surface area contributed by atoms with E-state index in [-0.39, 0.29) is 12.6 Å². The molecule has 1 aromatic carbocycles. The van der Waals surface area contributed by atoms with Crippen LogP contribution >= 0.6 is 0 Å². The Labute approximate surface area is 143 Å². The lowest BCUT2D eigenvalue weighted by molar-refractivity contribution is 0.0524. The van der Waals surface area contributed by atoms with Gasteiger partial charge < -0.3 is 19.7 Å². The number of amides is 3. The summed E-state index contributed by atoms with van der Waals surface area (Å²) in [6, 6.07) is 10.5. The molecule has 1 aliphatic heterocycles. The van der Waals surface area contributed by atoms with Crippen molar-refractivity contribution in [2.24, 2.45) is 0 Å². The van der Waals surface area contributed by atoms with E-state index in [4.69, 9.17) is 14.7 Å². The molecule has 0 spiro atoms. The standard InChI is InChI=1S/C16H16N4O5/c21-15-18-14(25-16(22)19-23)10-20(15)9-11-1-3-12(4-2-11)24-13-5-7-17-8-6-13/h1-8,14,23H,9-10H2,(H,18,21)(H,19,22)/t14-/m1/s1. The molecule has 3 N–H and O–H groups in total. The number of carbonyl (C=O) groups is 2. The highest BCUT2D eigenvalue weighted by Gasteiger charge is 2.31. The molecule has 0 radical (unpaired) electrons. The Balaban J connectivity index is 1.56. The van der Waals surface area contributed by atoms with Crippen LogP contribution in [0.3, 0.4) is 0 Å². The summed E-state index contributed by atoms with van der Waals surface area (Å²) in [6.45, 7) is 0.531. The van der Waals surface area contributed by atoms with Gasteiger partial charge in [-0.1, -0.05) is 12.1 Å². The maximum absolute atomic E-state index is 11.9. The lowest BCUT2D eigenvalue weighted by atomic mass is 10.2. The minimum atomic E-state index is -1.02. The molecule has 9 heteroatoms. The number of benzene rings is 1. The van der Waals surface area contributed by atoms with E-state index >= 15 is 0 Å². The van der Waals surface area contributed by atoms with E-state index in [1.54, 1.807) is 36.7 Å². The van der Waals surface area contributed by atoms with Gasteiger partial charge in [0.25, 0.3) is 0 Å². The van der Waals surface area contributed by atoms with E-state index in [1.165, 1.54) is 10.4 Å². The van der Waals surface area contributed by atoms with Crippen LogP contribution in [0.25, 0.3) is 0 Å². The van der Waals surface area contributed by atoms with Crippen LogP contribution in [-0.2, 0) is 11.3 Å². The topological polar surface area (TPSA) is 113 Å². The first-order valence-electron chi connectivity index (χ1n) is 7.47. The first-order chi connectivity index (χ1) is 12.1. The second kappa shape index (κ2) is 7.49. The molecule has 0 unspecified atom stereocenters. The van der Waals surface area contributed by atoms with E-state index in [0.29, 0.717) is 18.0 Å². The van der Waals surface area contributed by atoms with Crippen molar-refractivity contribution in [3.63, 3.8) is 0 Å². The van der Waals surface area contributed by atoms with Crippen LogP contribution in [0, 0.1) is 0 Å². The first kappa shape index (κ1) is 16.5. The Morgan fingerprint density at radius 1 is 1.24 bits per heavy atom. The van der Waals surface area contributed by atoms with Crippen LogP contribution in [-0.4, -0.2) is 40.0 Å². The molecule has 0 aliphatic carbocycles. The van der Waals surface area contributed by atoms with Crippen LogP contribution in [0.1, 0.15) is 5.56 Å². The fourth-order valence-electron chi connectivity index (χ4n) is 2.34. The van der Waals surface area contributed by atoms with Crippen molar-refractivity contribution < 1.29 is 24.3 Å². The smallest absolute Gasteiger partial charge is 0.433 e. The van der Waals surface area contributed by atoms with Gasteiger partial charge >= 0.3 is 12.1 Å². The summed E-state index contributed by atoms with van der Waals surface area (Å²) in [5, 5.41) is 10.9. The molecule has 3 rings (SSSR count). The molecule has 130 valence electrons. The molecule has 0 bridgehead atoms. The third-order valence-electron chi connectivity index (χ3n) is 3.48. The normalized spacial score (nSPS) is 16.3. The molecule has 1 saturated heterocycles. The second-order valence-electron chi connectivity index (χ2n) is 5.26. The number of nitrogens with zero attached hydrogens (tertiary/aromatic N) is 2. The number of carbonyl (C=O) groups excluding carboxylic acids is 2. The molecule has 2 heterocycles. The van der Waals surface area contributed by atoms with E-state index in [0.717, 1.165) is 5.56 Å². The Morgan fingerprint density at radius 2 is 1.92 bits per heavy atom. The van der Waals surface area contributed by atoms with Gasteiger partial charge in [0.1, 0.15) is 11.5 Å². The van der Waals surface area contributed by atoms with E-state index in [1.807, 2.05) is 12.1 Å². The lowest BCUT2D eigenvalue weighted by Crippen LogP contribution is -2.34. The summed E-state index contributed by atoms with van der Waals surface area (Å²) < 4.78 is 10.5. The molecule has 3 amide bonds. The van der Waals surface area contributed by atoms with Gasteiger partial charge in [-0.3, -0.25) is 10.2 Å². The molecule has 1 atom stereocenters. The maximum atomic E-state index is 11.9. The van der Waals surface area contributed by atoms with Gasteiger partial charge in [-0.15, -0.1) is 0 Å². The molecular formula is C16H16N4O5. The summed E-state index contributed by atoms with van der Waals surface area (Å²) in [4.78, 5) is 28.2. The summed E-state index contributed by atoms with van der Waals surface area (Å²) in [6.07, 6.45) is 1.45. The van der Waals surface area contributed by atoms with Crippen molar-refractivity contribution in [3.05, 3.63) is 54.4 Å². The third kappa shape index (κ3) is 4.36. The summed E-state index contributed by atoms with van der Waals surface area (Å²) in [5.74, 6) is 1.35. The molecule has 1 aromatic heterocycles. The van der Waals surface area contributed by atoms with Crippen molar-refractivity contribution in [3.8, 4) is 11.5 Å². The molecule has 1 aliphatic rings. The number of nitrogens with one attached hydrogen (secondary N) is 2. The average Bonchev–Trinajstić information content (AvgIpc) is 2.96. The largest absolute Gasteiger partial charge is 0.457 e. The average molecular weight is 344 g/mol. The lowest BCUT2D eigenvalue weighted by Gasteiger charge is -2.15. The van der Waals surface area contributed by atoms with E-state index in [2.05, 4.69) is 10.3 Å². The number of rotatable bonds is 5. The number of ether oxygens (including phenoxy) is 2.